The Morgan fingerprint density at radius 3 is 2.61 bits per heavy atom. The Morgan fingerprint density at radius 2 is 2.06 bits per heavy atom. The quantitative estimate of drug-likeness (QED) is 0.903. The van der Waals surface area contributed by atoms with Gasteiger partial charge in [0.25, 0.3) is 0 Å². The van der Waals surface area contributed by atoms with E-state index in [1.807, 2.05) is 13.0 Å². The second-order valence-electron chi connectivity index (χ2n) is 4.22. The molecule has 0 saturated carbocycles. The lowest BCUT2D eigenvalue weighted by Gasteiger charge is -2.09. The number of rotatable bonds is 3. The molecule has 0 bridgehead atoms. The summed E-state index contributed by atoms with van der Waals surface area (Å²) in [7, 11) is 0. The molecular weight excluding hydrogens is 231 g/mol. The molecule has 2 aromatic rings. The summed E-state index contributed by atoms with van der Waals surface area (Å²) in [6.07, 6.45) is 1.61. The Balaban J connectivity index is 2.18. The standard InChI is InChI=1S/C14H15FN2O/c1-9-7-11(15)3-6-14(9)18-12-4-5-13(10(2)16)17-8-12/h3-8,10H,16H2,1-2H3/t10-/m1/s1. The number of aromatic nitrogens is 1. The largest absolute Gasteiger partial charge is 0.455 e. The van der Waals surface area contributed by atoms with Gasteiger partial charge in [-0.15, -0.1) is 0 Å². The fourth-order valence-electron chi connectivity index (χ4n) is 1.58. The van der Waals surface area contributed by atoms with Crippen LogP contribution in [0.4, 0.5) is 4.39 Å². The Labute approximate surface area is 105 Å². The third-order valence-corrected chi connectivity index (χ3v) is 2.59. The predicted molar refractivity (Wildman–Crippen MR) is 68.1 cm³/mol. The minimum atomic E-state index is -0.273. The summed E-state index contributed by atoms with van der Waals surface area (Å²) in [6, 6.07) is 7.91. The topological polar surface area (TPSA) is 48.1 Å². The zero-order chi connectivity index (χ0) is 13.1. The van der Waals surface area contributed by atoms with Crippen LogP contribution in [0.25, 0.3) is 0 Å². The third-order valence-electron chi connectivity index (χ3n) is 2.59. The first-order chi connectivity index (χ1) is 8.56. The lowest BCUT2D eigenvalue weighted by Crippen LogP contribution is -2.06. The number of hydrogen-bond acceptors (Lipinski definition) is 3. The van der Waals surface area contributed by atoms with E-state index in [2.05, 4.69) is 4.98 Å². The van der Waals surface area contributed by atoms with E-state index in [1.165, 1.54) is 12.1 Å². The van der Waals surface area contributed by atoms with Crippen LogP contribution in [0.15, 0.2) is 36.5 Å². The molecule has 3 nitrogen and oxygen atoms in total. The fourth-order valence-corrected chi connectivity index (χ4v) is 1.58. The van der Waals surface area contributed by atoms with E-state index in [0.29, 0.717) is 11.5 Å². The molecule has 94 valence electrons. The number of ether oxygens (including phenoxy) is 1. The highest BCUT2D eigenvalue weighted by molar-refractivity contribution is 5.36. The Kier molecular flexibility index (Phi) is 3.58. The highest BCUT2D eigenvalue weighted by Crippen LogP contribution is 2.25. The number of aryl methyl sites for hydroxylation is 1. The van der Waals surface area contributed by atoms with Gasteiger partial charge in [0.05, 0.1) is 11.9 Å². The van der Waals surface area contributed by atoms with Crippen molar-refractivity contribution in [3.05, 3.63) is 53.6 Å². The normalized spacial score (nSPS) is 12.2. The maximum Gasteiger partial charge on any atom is 0.145 e. The van der Waals surface area contributed by atoms with Gasteiger partial charge < -0.3 is 10.5 Å². The van der Waals surface area contributed by atoms with E-state index < -0.39 is 0 Å². The van der Waals surface area contributed by atoms with E-state index in [1.54, 1.807) is 25.3 Å². The van der Waals surface area contributed by atoms with Crippen molar-refractivity contribution in [3.8, 4) is 11.5 Å². The second kappa shape index (κ2) is 5.14. The van der Waals surface area contributed by atoms with Crippen LogP contribution < -0.4 is 10.5 Å². The van der Waals surface area contributed by atoms with Crippen LogP contribution in [0.3, 0.4) is 0 Å². The first kappa shape index (κ1) is 12.5. The lowest BCUT2D eigenvalue weighted by molar-refractivity contribution is 0.473. The molecule has 0 aliphatic carbocycles. The number of halogens is 1. The SMILES string of the molecule is Cc1cc(F)ccc1Oc1ccc([C@@H](C)N)nc1. The van der Waals surface area contributed by atoms with Crippen molar-refractivity contribution in [2.75, 3.05) is 0 Å². The minimum absolute atomic E-state index is 0.105. The van der Waals surface area contributed by atoms with Gasteiger partial charge in [-0.2, -0.15) is 0 Å². The molecule has 0 amide bonds. The van der Waals surface area contributed by atoms with E-state index in [9.17, 15) is 4.39 Å². The van der Waals surface area contributed by atoms with Crippen molar-refractivity contribution >= 4 is 0 Å². The van der Waals surface area contributed by atoms with Gasteiger partial charge >= 0.3 is 0 Å². The Morgan fingerprint density at radius 1 is 1.28 bits per heavy atom. The molecule has 2 rings (SSSR count). The zero-order valence-electron chi connectivity index (χ0n) is 10.4. The maximum absolute atomic E-state index is 12.9. The van der Waals surface area contributed by atoms with Crippen LogP contribution in [0, 0.1) is 12.7 Å². The highest BCUT2D eigenvalue weighted by atomic mass is 19.1. The van der Waals surface area contributed by atoms with Crippen molar-refractivity contribution < 1.29 is 9.13 Å². The van der Waals surface area contributed by atoms with Crippen LogP contribution in [0.5, 0.6) is 11.5 Å². The summed E-state index contributed by atoms with van der Waals surface area (Å²) < 4.78 is 18.6. The van der Waals surface area contributed by atoms with Crippen molar-refractivity contribution in [3.63, 3.8) is 0 Å². The zero-order valence-corrected chi connectivity index (χ0v) is 10.4. The van der Waals surface area contributed by atoms with E-state index in [4.69, 9.17) is 10.5 Å². The molecule has 2 N–H and O–H groups in total. The van der Waals surface area contributed by atoms with Crippen molar-refractivity contribution in [1.82, 2.24) is 4.98 Å². The van der Waals surface area contributed by atoms with Crippen LogP contribution in [-0.4, -0.2) is 4.98 Å². The van der Waals surface area contributed by atoms with Crippen LogP contribution in [0.2, 0.25) is 0 Å². The van der Waals surface area contributed by atoms with Gasteiger partial charge in [0, 0.05) is 6.04 Å². The molecule has 1 heterocycles. The molecule has 1 atom stereocenters. The second-order valence-corrected chi connectivity index (χ2v) is 4.22. The molecule has 0 unspecified atom stereocenters. The van der Waals surface area contributed by atoms with Crippen molar-refractivity contribution in [2.45, 2.75) is 19.9 Å². The predicted octanol–water partition coefficient (Wildman–Crippen LogP) is 3.34. The highest BCUT2D eigenvalue weighted by Gasteiger charge is 2.05. The number of nitrogens with zero attached hydrogens (tertiary/aromatic N) is 1. The van der Waals surface area contributed by atoms with Crippen molar-refractivity contribution in [2.24, 2.45) is 5.73 Å². The Hall–Kier alpha value is -1.94. The molecule has 1 aromatic heterocycles. The number of pyridine rings is 1. The van der Waals surface area contributed by atoms with Gasteiger partial charge in [0.2, 0.25) is 0 Å². The summed E-state index contributed by atoms with van der Waals surface area (Å²) in [5.74, 6) is 0.950. The van der Waals surface area contributed by atoms with E-state index >= 15 is 0 Å². The lowest BCUT2D eigenvalue weighted by atomic mass is 10.2. The third kappa shape index (κ3) is 2.84. The molecule has 0 aliphatic heterocycles. The van der Waals surface area contributed by atoms with Gasteiger partial charge in [-0.1, -0.05) is 0 Å². The van der Waals surface area contributed by atoms with E-state index in [0.717, 1.165) is 11.3 Å². The van der Waals surface area contributed by atoms with Crippen LogP contribution >= 0.6 is 0 Å². The number of nitrogens with two attached hydrogens (primary N) is 1. The van der Waals surface area contributed by atoms with E-state index in [-0.39, 0.29) is 11.9 Å². The summed E-state index contributed by atoms with van der Waals surface area (Å²) in [4.78, 5) is 4.20. The summed E-state index contributed by atoms with van der Waals surface area (Å²) in [6.45, 7) is 3.66. The summed E-state index contributed by atoms with van der Waals surface area (Å²) in [5, 5.41) is 0. The van der Waals surface area contributed by atoms with Crippen LogP contribution in [-0.2, 0) is 0 Å². The summed E-state index contributed by atoms with van der Waals surface area (Å²) in [5.41, 5.74) is 7.26. The first-order valence-electron chi connectivity index (χ1n) is 5.72. The molecule has 0 spiro atoms. The van der Waals surface area contributed by atoms with Gasteiger partial charge in [-0.3, -0.25) is 4.98 Å². The molecular formula is C14H15FN2O. The van der Waals surface area contributed by atoms with Gasteiger partial charge in [0.15, 0.2) is 0 Å². The molecule has 0 aliphatic rings. The van der Waals surface area contributed by atoms with Gasteiger partial charge in [-0.25, -0.2) is 4.39 Å². The molecule has 0 saturated heterocycles. The molecule has 0 fully saturated rings. The maximum atomic E-state index is 12.9. The molecule has 18 heavy (non-hydrogen) atoms. The monoisotopic (exact) mass is 246 g/mol. The minimum Gasteiger partial charge on any atom is -0.455 e. The fraction of sp³-hybridized carbons (Fsp3) is 0.214. The smallest absolute Gasteiger partial charge is 0.145 e. The number of benzene rings is 1. The average Bonchev–Trinajstić information content (AvgIpc) is 2.33. The first-order valence-corrected chi connectivity index (χ1v) is 5.72. The van der Waals surface area contributed by atoms with Gasteiger partial charge in [-0.05, 0) is 49.7 Å². The number of hydrogen-bond donors (Lipinski definition) is 1. The summed E-state index contributed by atoms with van der Waals surface area (Å²) >= 11 is 0. The van der Waals surface area contributed by atoms with Crippen LogP contribution in [0.1, 0.15) is 24.2 Å². The molecule has 0 radical (unpaired) electrons. The molecule has 1 aromatic carbocycles. The Bertz CT molecular complexity index is 538. The van der Waals surface area contributed by atoms with Crippen molar-refractivity contribution in [1.29, 1.82) is 0 Å². The van der Waals surface area contributed by atoms with Gasteiger partial charge in [0.1, 0.15) is 17.3 Å². The average molecular weight is 246 g/mol. The molecule has 4 heteroatoms.